The first kappa shape index (κ1) is 24.4. The van der Waals surface area contributed by atoms with Gasteiger partial charge in [0.05, 0.1) is 18.3 Å². The van der Waals surface area contributed by atoms with Crippen molar-refractivity contribution in [1.29, 1.82) is 0 Å². The van der Waals surface area contributed by atoms with E-state index in [1.165, 1.54) is 6.07 Å². The third kappa shape index (κ3) is 4.59. The summed E-state index contributed by atoms with van der Waals surface area (Å²) in [4.78, 5) is 19.5. The van der Waals surface area contributed by atoms with Crippen LogP contribution in [0.4, 0.5) is 20.5 Å². The third-order valence-electron chi connectivity index (χ3n) is 6.74. The van der Waals surface area contributed by atoms with Crippen molar-refractivity contribution in [3.05, 3.63) is 59.9 Å². The Morgan fingerprint density at radius 2 is 1.84 bits per heavy atom. The van der Waals surface area contributed by atoms with Gasteiger partial charge in [-0.3, -0.25) is 4.90 Å². The number of fused-ring (bicyclic) bond motifs is 2. The van der Waals surface area contributed by atoms with Crippen LogP contribution >= 0.6 is 0 Å². The van der Waals surface area contributed by atoms with Crippen LogP contribution in [0, 0.1) is 18.6 Å². The van der Waals surface area contributed by atoms with E-state index in [-0.39, 0.29) is 23.2 Å². The van der Waals surface area contributed by atoms with E-state index in [0.717, 1.165) is 50.1 Å². The van der Waals surface area contributed by atoms with Crippen LogP contribution in [0.25, 0.3) is 33.3 Å². The van der Waals surface area contributed by atoms with E-state index in [9.17, 15) is 8.78 Å². The van der Waals surface area contributed by atoms with Crippen LogP contribution in [0.2, 0.25) is 0 Å². The molecule has 1 aliphatic heterocycles. The maximum Gasteiger partial charge on any atom is 0.229 e. The van der Waals surface area contributed by atoms with Crippen LogP contribution in [0.1, 0.15) is 31.5 Å². The summed E-state index contributed by atoms with van der Waals surface area (Å²) in [7, 11) is 0. The molecule has 0 atom stereocenters. The van der Waals surface area contributed by atoms with Crippen molar-refractivity contribution in [2.45, 2.75) is 33.4 Å². The summed E-state index contributed by atoms with van der Waals surface area (Å²) in [5.74, 6) is 0.951. The predicted octanol–water partition coefficient (Wildman–Crippen LogP) is 4.95. The molecule has 1 aliphatic rings. The Hall–Kier alpha value is -3.96. The molecule has 0 saturated carbocycles. The minimum atomic E-state index is -0.659. The third-order valence-corrected chi connectivity index (χ3v) is 6.74. The number of rotatable bonds is 6. The Morgan fingerprint density at radius 1 is 1.03 bits per heavy atom. The minimum Gasteiger partial charge on any atom is -0.460 e. The minimum absolute atomic E-state index is 0.0187. The molecular weight excluding hydrogens is 490 g/mol. The number of halogens is 2. The number of hydrogen-bond donors (Lipinski definition) is 2. The molecule has 0 aliphatic carbocycles. The molecule has 196 valence electrons. The van der Waals surface area contributed by atoms with Gasteiger partial charge in [-0.15, -0.1) is 0 Å². The normalized spacial score (nSPS) is 14.7. The van der Waals surface area contributed by atoms with Crippen molar-refractivity contribution in [1.82, 2.24) is 34.7 Å². The Morgan fingerprint density at radius 3 is 2.63 bits per heavy atom. The highest BCUT2D eigenvalue weighted by atomic mass is 19.1. The van der Waals surface area contributed by atoms with E-state index < -0.39 is 11.6 Å². The van der Waals surface area contributed by atoms with Gasteiger partial charge >= 0.3 is 0 Å². The zero-order valence-corrected chi connectivity index (χ0v) is 21.4. The largest absolute Gasteiger partial charge is 0.460 e. The second-order valence-corrected chi connectivity index (χ2v) is 9.81. The Bertz CT molecular complexity index is 1640. The van der Waals surface area contributed by atoms with Crippen molar-refractivity contribution < 1.29 is 13.2 Å². The Labute approximate surface area is 217 Å². The summed E-state index contributed by atoms with van der Waals surface area (Å²) >= 11 is 0. The first-order valence-electron chi connectivity index (χ1n) is 12.7. The van der Waals surface area contributed by atoms with Crippen molar-refractivity contribution >= 4 is 33.8 Å². The lowest BCUT2D eigenvalue weighted by Crippen LogP contribution is -2.42. The molecule has 1 aromatic carbocycles. The predicted molar refractivity (Wildman–Crippen MR) is 141 cm³/mol. The summed E-state index contributed by atoms with van der Waals surface area (Å²) in [5.41, 5.74) is 1.79. The Balaban J connectivity index is 1.29. The molecule has 6 rings (SSSR count). The van der Waals surface area contributed by atoms with Gasteiger partial charge in [0.15, 0.2) is 11.6 Å². The molecular formula is C27H28F2N8O. The molecule has 5 aromatic rings. The van der Waals surface area contributed by atoms with Gasteiger partial charge in [0.1, 0.15) is 34.2 Å². The van der Waals surface area contributed by atoms with Crippen molar-refractivity contribution in [3.63, 3.8) is 0 Å². The fraction of sp³-hybridized carbons (Fsp3) is 0.333. The van der Waals surface area contributed by atoms with Gasteiger partial charge in [-0.05, 0) is 39.0 Å². The Kier molecular flexibility index (Phi) is 6.24. The molecule has 1 saturated heterocycles. The lowest BCUT2D eigenvalue weighted by molar-refractivity contribution is 0.218. The van der Waals surface area contributed by atoms with E-state index in [0.29, 0.717) is 28.3 Å². The fourth-order valence-corrected chi connectivity index (χ4v) is 5.03. The molecule has 0 bridgehead atoms. The second-order valence-electron chi connectivity index (χ2n) is 9.81. The number of benzene rings is 1. The maximum absolute atomic E-state index is 15.0. The highest BCUT2D eigenvalue weighted by Gasteiger charge is 2.19. The van der Waals surface area contributed by atoms with Crippen molar-refractivity contribution in [2.75, 3.05) is 31.5 Å². The number of imidazole rings is 1. The lowest BCUT2D eigenvalue weighted by Gasteiger charge is -2.26. The van der Waals surface area contributed by atoms with Crippen molar-refractivity contribution in [3.8, 4) is 11.3 Å². The fourth-order valence-electron chi connectivity index (χ4n) is 5.03. The zero-order chi connectivity index (χ0) is 26.4. The molecule has 11 heteroatoms. The van der Waals surface area contributed by atoms with E-state index >= 15 is 0 Å². The van der Waals surface area contributed by atoms with Crippen LogP contribution in [-0.4, -0.2) is 55.6 Å². The smallest absolute Gasteiger partial charge is 0.229 e. The van der Waals surface area contributed by atoms with Gasteiger partial charge in [0, 0.05) is 55.4 Å². The number of anilines is 2. The number of pyridine rings is 1. The van der Waals surface area contributed by atoms with Crippen LogP contribution in [0.3, 0.4) is 0 Å². The summed E-state index contributed by atoms with van der Waals surface area (Å²) in [6.45, 7) is 10.4. The van der Waals surface area contributed by atoms with Gasteiger partial charge in [-0.1, -0.05) is 0 Å². The average molecular weight is 519 g/mol. The summed E-state index contributed by atoms with van der Waals surface area (Å²) in [6.07, 6.45) is 2.78. The number of hydrogen-bond acceptors (Lipinski definition) is 8. The first-order valence-corrected chi connectivity index (χ1v) is 12.7. The highest BCUT2D eigenvalue weighted by Crippen LogP contribution is 2.31. The van der Waals surface area contributed by atoms with E-state index in [1.54, 1.807) is 18.3 Å². The number of piperazine rings is 1. The van der Waals surface area contributed by atoms with Gasteiger partial charge in [-0.2, -0.15) is 0 Å². The molecule has 2 N–H and O–H groups in total. The van der Waals surface area contributed by atoms with Gasteiger partial charge < -0.3 is 19.6 Å². The van der Waals surface area contributed by atoms with E-state index in [2.05, 4.69) is 35.5 Å². The number of aromatic nitrogens is 5. The SMILES string of the molecule is Cc1nc2c(F)cc(-c3nc(Nc4cc5oc(CN6CCNCC6)cc5cn4)ncc3F)cc2n1C(C)C. The molecule has 0 amide bonds. The van der Waals surface area contributed by atoms with E-state index in [4.69, 9.17) is 4.42 Å². The topological polar surface area (TPSA) is 96.9 Å². The highest BCUT2D eigenvalue weighted by molar-refractivity contribution is 5.83. The number of nitrogens with zero attached hydrogens (tertiary/aromatic N) is 6. The summed E-state index contributed by atoms with van der Waals surface area (Å²) in [6, 6.07) is 6.78. The van der Waals surface area contributed by atoms with Gasteiger partial charge in [0.25, 0.3) is 0 Å². The van der Waals surface area contributed by atoms with Crippen LogP contribution in [-0.2, 0) is 6.54 Å². The van der Waals surface area contributed by atoms with E-state index in [1.807, 2.05) is 31.4 Å². The number of nitrogens with one attached hydrogen (secondary N) is 2. The summed E-state index contributed by atoms with van der Waals surface area (Å²) < 4.78 is 37.8. The number of aryl methyl sites for hydroxylation is 1. The molecule has 38 heavy (non-hydrogen) atoms. The van der Waals surface area contributed by atoms with Crippen LogP contribution in [0.15, 0.2) is 41.1 Å². The van der Waals surface area contributed by atoms with Gasteiger partial charge in [0.2, 0.25) is 5.95 Å². The molecule has 0 spiro atoms. The zero-order valence-electron chi connectivity index (χ0n) is 21.4. The summed E-state index contributed by atoms with van der Waals surface area (Å²) in [5, 5.41) is 7.26. The van der Waals surface area contributed by atoms with Gasteiger partial charge in [-0.25, -0.2) is 28.7 Å². The molecule has 0 unspecified atom stereocenters. The molecule has 1 fully saturated rings. The van der Waals surface area contributed by atoms with Crippen molar-refractivity contribution in [2.24, 2.45) is 0 Å². The average Bonchev–Trinajstić information content (AvgIpc) is 3.45. The lowest BCUT2D eigenvalue weighted by atomic mass is 10.1. The molecule has 4 aromatic heterocycles. The van der Waals surface area contributed by atoms with Crippen LogP contribution < -0.4 is 10.6 Å². The van der Waals surface area contributed by atoms with Crippen LogP contribution in [0.5, 0.6) is 0 Å². The second kappa shape index (κ2) is 9.73. The standard InChI is InChI=1S/C27H28F2N8O/c1-15(2)37-16(3)33-26-20(28)9-17(10-22(26)37)25-21(29)13-32-27(35-25)34-24-11-23-18(12-31-24)8-19(38-23)14-36-6-4-30-5-7-36/h8-13,15,30H,4-7,14H2,1-3H3,(H,31,32,34,35). The number of furan rings is 1. The quantitative estimate of drug-likeness (QED) is 0.326. The first-order chi connectivity index (χ1) is 18.4. The monoisotopic (exact) mass is 518 g/mol. The molecule has 0 radical (unpaired) electrons. The molecule has 9 nitrogen and oxygen atoms in total. The molecule has 5 heterocycles. The maximum atomic E-state index is 15.0.